The molecule has 4 unspecified atom stereocenters. The van der Waals surface area contributed by atoms with Crippen molar-refractivity contribution in [1.82, 2.24) is 0 Å². The minimum absolute atomic E-state index is 0.0290. The highest BCUT2D eigenvalue weighted by Crippen LogP contribution is 2.49. The van der Waals surface area contributed by atoms with Crippen LogP contribution in [0.15, 0.2) is 12.2 Å². The van der Waals surface area contributed by atoms with Gasteiger partial charge in [-0.15, -0.1) is 0 Å². The molecule has 2 N–H and O–H groups in total. The van der Waals surface area contributed by atoms with E-state index in [0.29, 0.717) is 13.2 Å². The molecule has 2 aliphatic rings. The van der Waals surface area contributed by atoms with Crippen LogP contribution in [-0.4, -0.2) is 41.0 Å². The van der Waals surface area contributed by atoms with E-state index in [4.69, 9.17) is 19.1 Å². The highest BCUT2D eigenvalue weighted by atomic mass is 31.0. The van der Waals surface area contributed by atoms with Gasteiger partial charge >= 0.3 is 5.97 Å². The van der Waals surface area contributed by atoms with Crippen LogP contribution < -0.4 is 0 Å². The van der Waals surface area contributed by atoms with Gasteiger partial charge < -0.3 is 24.2 Å². The van der Waals surface area contributed by atoms with Gasteiger partial charge in [-0.3, -0.25) is 4.79 Å². The Morgan fingerprint density at radius 2 is 1.97 bits per heavy atom. The molecule has 0 aromatic rings. The number of aliphatic hydroxyl groups excluding tert-OH is 1. The van der Waals surface area contributed by atoms with Crippen LogP contribution in [-0.2, 0) is 18.8 Å². The van der Waals surface area contributed by atoms with E-state index in [0.717, 1.165) is 51.4 Å². The van der Waals surface area contributed by atoms with Crippen LogP contribution in [0, 0.1) is 17.3 Å². The fourth-order valence-electron chi connectivity index (χ4n) is 4.82. The first-order valence-corrected chi connectivity index (χ1v) is 11.9. The lowest BCUT2D eigenvalue weighted by molar-refractivity contribution is -0.439. The number of carboxylic acid groups (broad SMARTS) is 1. The van der Waals surface area contributed by atoms with E-state index in [1.807, 2.05) is 0 Å². The highest BCUT2D eigenvalue weighted by molar-refractivity contribution is 7.09. The van der Waals surface area contributed by atoms with Crippen LogP contribution >= 0.6 is 9.47 Å². The van der Waals surface area contributed by atoms with Gasteiger partial charge in [0.1, 0.15) is 0 Å². The van der Waals surface area contributed by atoms with Gasteiger partial charge in [-0.05, 0) is 50.4 Å². The molecule has 0 radical (unpaired) electrons. The lowest BCUT2D eigenvalue weighted by Crippen LogP contribution is -2.57. The van der Waals surface area contributed by atoms with Crippen LogP contribution in [0.1, 0.15) is 85.0 Å². The first-order valence-electron chi connectivity index (χ1n) is 11.4. The van der Waals surface area contributed by atoms with Gasteiger partial charge in [0.05, 0.1) is 12.2 Å². The van der Waals surface area contributed by atoms with E-state index >= 15 is 0 Å². The number of unbranched alkanes of at least 4 members (excludes halogenated alkanes) is 3. The van der Waals surface area contributed by atoms with Crippen molar-refractivity contribution in [1.29, 1.82) is 0 Å². The quantitative estimate of drug-likeness (QED) is 0.221. The number of ether oxygens (including phenoxy) is 2. The zero-order valence-corrected chi connectivity index (χ0v) is 20.0. The molecule has 0 amide bonds. The molecule has 5 atom stereocenters. The second-order valence-electron chi connectivity index (χ2n) is 9.44. The van der Waals surface area contributed by atoms with E-state index in [9.17, 15) is 9.90 Å². The van der Waals surface area contributed by atoms with E-state index < -0.39 is 11.8 Å². The number of carboxylic acids is 1. The largest absolute Gasteiger partial charge is 0.481 e. The summed E-state index contributed by atoms with van der Waals surface area (Å²) in [6.07, 6.45) is 12.0. The molecule has 1 saturated heterocycles. The molecule has 2 fully saturated rings. The Morgan fingerprint density at radius 1 is 1.23 bits per heavy atom. The molecular weight excluding hydrogens is 403 g/mol. The molecular formula is C23H41O6P. The van der Waals surface area contributed by atoms with Gasteiger partial charge in [0, 0.05) is 34.1 Å². The molecule has 0 bridgehead atoms. The van der Waals surface area contributed by atoms with Gasteiger partial charge in [0.15, 0.2) is 12.6 Å². The second kappa shape index (κ2) is 11.9. The van der Waals surface area contributed by atoms with E-state index in [1.54, 1.807) is 0 Å². The normalized spacial score (nSPS) is 28.7. The summed E-state index contributed by atoms with van der Waals surface area (Å²) in [5.41, 5.74) is -0.0597. The Bertz CT molecular complexity index is 560. The summed E-state index contributed by atoms with van der Waals surface area (Å²) in [7, 11) is 2.37. The molecule has 1 saturated carbocycles. The highest BCUT2D eigenvalue weighted by Gasteiger charge is 2.53. The van der Waals surface area contributed by atoms with Crippen molar-refractivity contribution < 1.29 is 29.0 Å². The van der Waals surface area contributed by atoms with Crippen molar-refractivity contribution in [2.24, 2.45) is 17.3 Å². The Balaban J connectivity index is 1.86. The zero-order valence-electron chi connectivity index (χ0n) is 18.8. The number of carbonyl (C=O) groups is 1. The first-order chi connectivity index (χ1) is 14.3. The molecule has 0 aromatic heterocycles. The third-order valence-electron chi connectivity index (χ3n) is 7.31. The number of rotatable bonds is 14. The van der Waals surface area contributed by atoms with Gasteiger partial charge in [-0.1, -0.05) is 39.3 Å². The van der Waals surface area contributed by atoms with Gasteiger partial charge in [-0.2, -0.15) is 0 Å². The zero-order chi connectivity index (χ0) is 22.2. The van der Waals surface area contributed by atoms with Crippen molar-refractivity contribution >= 4 is 15.4 Å². The average Bonchev–Trinajstić information content (AvgIpc) is 2.97. The summed E-state index contributed by atoms with van der Waals surface area (Å²) in [5.74, 6) is -0.827. The number of aliphatic hydroxyl groups is 1. The summed E-state index contributed by atoms with van der Waals surface area (Å²) in [4.78, 5) is 10.5. The molecule has 174 valence electrons. The first kappa shape index (κ1) is 25.7. The van der Waals surface area contributed by atoms with E-state index in [-0.39, 0.29) is 35.9 Å². The topological polar surface area (TPSA) is 85.2 Å². The smallest absolute Gasteiger partial charge is 0.303 e. The molecule has 1 heterocycles. The lowest BCUT2D eigenvalue weighted by Gasteiger charge is -2.52. The number of hydrogen-bond acceptors (Lipinski definition) is 5. The predicted octanol–water partition coefficient (Wildman–Crippen LogP) is 5.06. The lowest BCUT2D eigenvalue weighted by atomic mass is 9.75. The van der Waals surface area contributed by atoms with Crippen molar-refractivity contribution in [3.8, 4) is 0 Å². The van der Waals surface area contributed by atoms with Crippen molar-refractivity contribution in [3.05, 3.63) is 12.2 Å². The number of aliphatic carboxylic acids is 1. The molecule has 6 nitrogen and oxygen atoms in total. The van der Waals surface area contributed by atoms with Crippen molar-refractivity contribution in [2.75, 3.05) is 6.79 Å². The minimum atomic E-state index is -0.723. The summed E-state index contributed by atoms with van der Waals surface area (Å²) in [6, 6.07) is 0. The fraction of sp³-hybridized carbons (Fsp3) is 0.870. The van der Waals surface area contributed by atoms with Gasteiger partial charge in [-0.25, -0.2) is 0 Å². The van der Waals surface area contributed by atoms with E-state index in [1.165, 1.54) is 0 Å². The maximum absolute atomic E-state index is 10.7. The predicted molar refractivity (Wildman–Crippen MR) is 120 cm³/mol. The molecule has 30 heavy (non-hydrogen) atoms. The summed E-state index contributed by atoms with van der Waals surface area (Å²) in [5, 5.41) is 19.3. The standard InChI is InChI=1S/C23H41O6P/c1-4-22(2,3)23(27-16-28-23)14-13-18-17(19(24)15-20(18)29-30)11-9-7-5-6-8-10-12-21(25)26/h7,9,17-20,24H,4-6,8,10-16,30H2,1-3H3,(H,25,26)/b9-7-/t17?,18-,19?,20?/m1/s1. The fourth-order valence-corrected chi connectivity index (χ4v) is 5.14. The molecule has 7 heteroatoms. The third-order valence-corrected chi connectivity index (χ3v) is 7.66. The SMILES string of the molecule is CCC(C)(C)C1(CC[C@H]2C(OP)CC(O)C2C/C=C\CCCCCC(=O)O)OCO1. The van der Waals surface area contributed by atoms with E-state index in [2.05, 4.69) is 42.4 Å². The van der Waals surface area contributed by atoms with Crippen LogP contribution in [0.3, 0.4) is 0 Å². The molecule has 0 spiro atoms. The maximum atomic E-state index is 10.7. The van der Waals surface area contributed by atoms with Crippen LogP contribution in [0.4, 0.5) is 0 Å². The Labute approximate surface area is 184 Å². The molecule has 1 aliphatic carbocycles. The Hall–Kier alpha value is -0.520. The molecule has 0 aromatic carbocycles. The summed E-state index contributed by atoms with van der Waals surface area (Å²) < 4.78 is 17.5. The van der Waals surface area contributed by atoms with Gasteiger partial charge in [0.2, 0.25) is 0 Å². The van der Waals surface area contributed by atoms with Gasteiger partial charge in [0.25, 0.3) is 0 Å². The number of allylic oxidation sites excluding steroid dienone is 2. The summed E-state index contributed by atoms with van der Waals surface area (Å²) >= 11 is 0. The molecule has 1 aliphatic heterocycles. The maximum Gasteiger partial charge on any atom is 0.303 e. The Morgan fingerprint density at radius 3 is 2.53 bits per heavy atom. The minimum Gasteiger partial charge on any atom is -0.481 e. The van der Waals surface area contributed by atoms with Crippen LogP contribution in [0.25, 0.3) is 0 Å². The summed E-state index contributed by atoms with van der Waals surface area (Å²) in [6.45, 7) is 6.90. The van der Waals surface area contributed by atoms with Crippen molar-refractivity contribution in [3.63, 3.8) is 0 Å². The van der Waals surface area contributed by atoms with Crippen LogP contribution in [0.2, 0.25) is 0 Å². The monoisotopic (exact) mass is 444 g/mol. The second-order valence-corrected chi connectivity index (χ2v) is 9.71. The van der Waals surface area contributed by atoms with Crippen LogP contribution in [0.5, 0.6) is 0 Å². The Kier molecular flexibility index (Phi) is 10.2. The van der Waals surface area contributed by atoms with Crippen molar-refractivity contribution in [2.45, 2.75) is 103 Å². The average molecular weight is 445 g/mol. The molecule has 2 rings (SSSR count). The third kappa shape index (κ3) is 6.49. The number of hydrogen-bond donors (Lipinski definition) is 2.